The Morgan fingerprint density at radius 2 is 1.53 bits per heavy atom. The molecule has 222 valence electrons. The molecule has 0 aliphatic carbocycles. The number of ether oxygens (including phenoxy) is 1. The van der Waals surface area contributed by atoms with Gasteiger partial charge in [0.05, 0.1) is 6.54 Å². The van der Waals surface area contributed by atoms with Crippen LogP contribution in [-0.2, 0) is 20.9 Å². The summed E-state index contributed by atoms with van der Waals surface area (Å²) >= 11 is 0. The minimum atomic E-state index is -0.730. The number of anilines is 3. The molecule has 3 heterocycles. The van der Waals surface area contributed by atoms with Gasteiger partial charge in [-0.25, -0.2) is 4.98 Å². The van der Waals surface area contributed by atoms with Crippen LogP contribution in [0, 0.1) is 20.8 Å². The van der Waals surface area contributed by atoms with Crippen LogP contribution in [0.3, 0.4) is 0 Å². The standard InChI is InChI=1S/C34H37N5O4/c1-23-20-24(2)35-31(21-23)38-16-14-37(15-17-38)29-12-10-28(11-13-29)36-34(42)33(41)32-30(27-8-6-5-7-9-27)22-25(3)39(32)18-19-43-26(4)40/h5-13,20-22H,14-19H2,1-4H3,(H,36,42). The van der Waals surface area contributed by atoms with Crippen molar-refractivity contribution in [3.63, 3.8) is 0 Å². The third-order valence-electron chi connectivity index (χ3n) is 7.61. The molecule has 0 unspecified atom stereocenters. The van der Waals surface area contributed by atoms with Crippen molar-refractivity contribution in [3.8, 4) is 11.1 Å². The number of nitrogens with one attached hydrogen (secondary N) is 1. The molecule has 0 radical (unpaired) electrons. The summed E-state index contributed by atoms with van der Waals surface area (Å²) in [5, 5.41) is 2.78. The lowest BCUT2D eigenvalue weighted by molar-refractivity contribution is -0.141. The number of carbonyl (C=O) groups excluding carboxylic acids is 3. The topological polar surface area (TPSA) is 96.8 Å². The predicted octanol–water partition coefficient (Wildman–Crippen LogP) is 5.19. The number of rotatable bonds is 9. The lowest BCUT2D eigenvalue weighted by Gasteiger charge is -2.37. The van der Waals surface area contributed by atoms with Crippen LogP contribution in [0.5, 0.6) is 0 Å². The van der Waals surface area contributed by atoms with Crippen molar-refractivity contribution in [3.05, 3.63) is 95.4 Å². The van der Waals surface area contributed by atoms with Crippen LogP contribution in [-0.4, -0.2) is 60.0 Å². The van der Waals surface area contributed by atoms with Gasteiger partial charge in [0.25, 0.3) is 11.7 Å². The van der Waals surface area contributed by atoms with Crippen LogP contribution in [0.4, 0.5) is 17.2 Å². The van der Waals surface area contributed by atoms with Crippen molar-refractivity contribution < 1.29 is 19.1 Å². The van der Waals surface area contributed by atoms with Crippen LogP contribution in [0.2, 0.25) is 0 Å². The number of esters is 1. The van der Waals surface area contributed by atoms with E-state index in [1.807, 2.05) is 74.5 Å². The third-order valence-corrected chi connectivity index (χ3v) is 7.61. The number of piperazine rings is 1. The monoisotopic (exact) mass is 579 g/mol. The Labute approximate surface area is 252 Å². The molecule has 1 fully saturated rings. The highest BCUT2D eigenvalue weighted by atomic mass is 16.5. The molecular formula is C34H37N5O4. The molecule has 1 amide bonds. The van der Waals surface area contributed by atoms with Crippen molar-refractivity contribution in [2.45, 2.75) is 34.2 Å². The Hall–Kier alpha value is -4.92. The van der Waals surface area contributed by atoms with Gasteiger partial charge < -0.3 is 24.4 Å². The van der Waals surface area contributed by atoms with Gasteiger partial charge in [0.15, 0.2) is 0 Å². The highest BCUT2D eigenvalue weighted by molar-refractivity contribution is 6.47. The molecule has 43 heavy (non-hydrogen) atoms. The Bertz CT molecular complexity index is 1600. The lowest BCUT2D eigenvalue weighted by atomic mass is 10.0. The van der Waals surface area contributed by atoms with E-state index in [2.05, 4.69) is 34.2 Å². The van der Waals surface area contributed by atoms with Gasteiger partial charge in [-0.1, -0.05) is 30.3 Å². The number of hydrogen-bond acceptors (Lipinski definition) is 7. The van der Waals surface area contributed by atoms with Gasteiger partial charge in [0.2, 0.25) is 0 Å². The number of carbonyl (C=O) groups is 3. The zero-order valence-electron chi connectivity index (χ0n) is 25.1. The molecular weight excluding hydrogens is 542 g/mol. The van der Waals surface area contributed by atoms with Gasteiger partial charge in [-0.05, 0) is 74.4 Å². The zero-order valence-corrected chi connectivity index (χ0v) is 25.1. The fraction of sp³-hybridized carbons (Fsp3) is 0.294. The molecule has 9 heteroatoms. The lowest BCUT2D eigenvalue weighted by Crippen LogP contribution is -2.46. The summed E-state index contributed by atoms with van der Waals surface area (Å²) < 4.78 is 6.86. The SMILES string of the molecule is CC(=O)OCCn1c(C)cc(-c2ccccc2)c1C(=O)C(=O)Nc1ccc(N2CCN(c3cc(C)cc(C)n3)CC2)cc1. The van der Waals surface area contributed by atoms with E-state index < -0.39 is 17.7 Å². The second-order valence-electron chi connectivity index (χ2n) is 10.9. The number of aromatic nitrogens is 2. The first-order chi connectivity index (χ1) is 20.7. The minimum absolute atomic E-state index is 0.0951. The molecule has 0 bridgehead atoms. The number of pyridine rings is 1. The number of ketones is 1. The zero-order chi connectivity index (χ0) is 30.5. The third kappa shape index (κ3) is 6.94. The maximum absolute atomic E-state index is 13.6. The first kappa shape index (κ1) is 29.6. The molecule has 0 saturated carbocycles. The van der Waals surface area contributed by atoms with E-state index in [1.54, 1.807) is 4.57 Å². The Morgan fingerprint density at radius 3 is 2.19 bits per heavy atom. The van der Waals surface area contributed by atoms with Crippen LogP contribution in [0.25, 0.3) is 11.1 Å². The highest BCUT2D eigenvalue weighted by Gasteiger charge is 2.27. The Kier molecular flexibility index (Phi) is 8.90. The number of hydrogen-bond donors (Lipinski definition) is 1. The maximum Gasteiger partial charge on any atom is 0.302 e. The second kappa shape index (κ2) is 12.9. The summed E-state index contributed by atoms with van der Waals surface area (Å²) in [6.07, 6.45) is 0. The summed E-state index contributed by atoms with van der Waals surface area (Å²) in [5.74, 6) is -0.772. The molecule has 2 aromatic heterocycles. The molecule has 1 aliphatic heterocycles. The van der Waals surface area contributed by atoms with Crippen LogP contribution < -0.4 is 15.1 Å². The van der Waals surface area contributed by atoms with Crippen molar-refractivity contribution >= 4 is 34.9 Å². The summed E-state index contributed by atoms with van der Waals surface area (Å²) in [4.78, 5) is 47.5. The summed E-state index contributed by atoms with van der Waals surface area (Å²) in [6, 6.07) is 23.1. The molecule has 2 aromatic carbocycles. The van der Waals surface area contributed by atoms with E-state index in [-0.39, 0.29) is 18.8 Å². The molecule has 0 atom stereocenters. The largest absolute Gasteiger partial charge is 0.464 e. The van der Waals surface area contributed by atoms with Gasteiger partial charge in [0, 0.05) is 61.4 Å². The number of nitrogens with zero attached hydrogens (tertiary/aromatic N) is 4. The van der Waals surface area contributed by atoms with Crippen LogP contribution >= 0.6 is 0 Å². The van der Waals surface area contributed by atoms with Crippen LogP contribution in [0.1, 0.15) is 34.4 Å². The van der Waals surface area contributed by atoms with E-state index in [4.69, 9.17) is 9.72 Å². The van der Waals surface area contributed by atoms with Crippen molar-refractivity contribution in [2.24, 2.45) is 0 Å². The molecule has 0 spiro atoms. The van der Waals surface area contributed by atoms with Gasteiger partial charge >= 0.3 is 5.97 Å². The summed E-state index contributed by atoms with van der Waals surface area (Å²) in [7, 11) is 0. The fourth-order valence-electron chi connectivity index (χ4n) is 5.56. The minimum Gasteiger partial charge on any atom is -0.464 e. The van der Waals surface area contributed by atoms with E-state index in [1.165, 1.54) is 12.5 Å². The van der Waals surface area contributed by atoms with E-state index >= 15 is 0 Å². The smallest absolute Gasteiger partial charge is 0.302 e. The van der Waals surface area contributed by atoms with E-state index in [0.717, 1.165) is 54.6 Å². The van der Waals surface area contributed by atoms with E-state index in [9.17, 15) is 14.4 Å². The number of amides is 1. The number of benzene rings is 2. The number of aryl methyl sites for hydroxylation is 3. The van der Waals surface area contributed by atoms with Crippen molar-refractivity contribution in [1.29, 1.82) is 0 Å². The van der Waals surface area contributed by atoms with Crippen molar-refractivity contribution in [2.75, 3.05) is 47.9 Å². The molecule has 9 nitrogen and oxygen atoms in total. The molecule has 4 aromatic rings. The second-order valence-corrected chi connectivity index (χ2v) is 10.9. The first-order valence-corrected chi connectivity index (χ1v) is 14.5. The van der Waals surface area contributed by atoms with Crippen LogP contribution in [0.15, 0.2) is 72.8 Å². The van der Waals surface area contributed by atoms with Gasteiger partial charge in [0.1, 0.15) is 18.1 Å². The average Bonchev–Trinajstić information content (AvgIpc) is 3.32. The van der Waals surface area contributed by atoms with Gasteiger partial charge in [-0.3, -0.25) is 14.4 Å². The molecule has 1 aliphatic rings. The van der Waals surface area contributed by atoms with Gasteiger partial charge in [-0.2, -0.15) is 0 Å². The van der Waals surface area contributed by atoms with E-state index in [0.29, 0.717) is 11.3 Å². The quantitative estimate of drug-likeness (QED) is 0.166. The highest BCUT2D eigenvalue weighted by Crippen LogP contribution is 2.29. The average molecular weight is 580 g/mol. The Balaban J connectivity index is 1.27. The maximum atomic E-state index is 13.6. The molecule has 5 rings (SSSR count). The normalized spacial score (nSPS) is 13.1. The first-order valence-electron chi connectivity index (χ1n) is 14.5. The van der Waals surface area contributed by atoms with Crippen molar-refractivity contribution in [1.82, 2.24) is 9.55 Å². The number of Topliss-reactive ketones (excluding diaryl/α,β-unsaturated/α-hetero) is 1. The predicted molar refractivity (Wildman–Crippen MR) is 169 cm³/mol. The Morgan fingerprint density at radius 1 is 0.860 bits per heavy atom. The van der Waals surface area contributed by atoms with Gasteiger partial charge in [-0.15, -0.1) is 0 Å². The molecule has 1 N–H and O–H groups in total. The summed E-state index contributed by atoms with van der Waals surface area (Å²) in [5.41, 5.74) is 6.37. The fourth-order valence-corrected chi connectivity index (χ4v) is 5.56. The molecule has 1 saturated heterocycles. The summed E-state index contributed by atoms with van der Waals surface area (Å²) in [6.45, 7) is 11.1.